The van der Waals surface area contributed by atoms with Crippen LogP contribution in [-0.4, -0.2) is 52.6 Å². The summed E-state index contributed by atoms with van der Waals surface area (Å²) in [6.45, 7) is 1.95. The van der Waals surface area contributed by atoms with Crippen molar-refractivity contribution in [3.05, 3.63) is 47.5 Å². The summed E-state index contributed by atoms with van der Waals surface area (Å²) in [4.78, 5) is 14.8. The van der Waals surface area contributed by atoms with Gasteiger partial charge in [0.2, 0.25) is 0 Å². The van der Waals surface area contributed by atoms with Gasteiger partial charge in [-0.05, 0) is 44.4 Å². The zero-order valence-corrected chi connectivity index (χ0v) is 15.2. The second kappa shape index (κ2) is 6.19. The van der Waals surface area contributed by atoms with Gasteiger partial charge in [0, 0.05) is 18.8 Å². The highest BCUT2D eigenvalue weighted by Gasteiger charge is 2.46. The van der Waals surface area contributed by atoms with E-state index in [-0.39, 0.29) is 30.1 Å². The Morgan fingerprint density at radius 3 is 2.88 bits per heavy atom. The van der Waals surface area contributed by atoms with E-state index in [9.17, 15) is 17.6 Å². The molecule has 0 N–H and O–H groups in total. The van der Waals surface area contributed by atoms with Crippen LogP contribution in [0, 0.1) is 12.7 Å². The molecule has 1 aromatic heterocycles. The fraction of sp³-hybridized carbons (Fsp3) is 0.444. The smallest absolute Gasteiger partial charge is 0.257 e. The van der Waals surface area contributed by atoms with Gasteiger partial charge in [-0.3, -0.25) is 4.79 Å². The predicted octanol–water partition coefficient (Wildman–Crippen LogP) is 2.11. The van der Waals surface area contributed by atoms with E-state index in [1.165, 1.54) is 16.8 Å². The zero-order valence-electron chi connectivity index (χ0n) is 14.4. The maximum Gasteiger partial charge on any atom is 0.257 e. The SMILES string of the molecule is Cc1nn(-c2cccc(F)c2)cc1C(=O)N1CCS(=O)(=O)[C@H]2CCC[C@@H]21. The first kappa shape index (κ1) is 17.2. The Bertz CT molecular complexity index is 970. The monoisotopic (exact) mass is 377 g/mol. The van der Waals surface area contributed by atoms with Gasteiger partial charge in [0.15, 0.2) is 9.84 Å². The van der Waals surface area contributed by atoms with Crippen LogP contribution in [0.1, 0.15) is 35.3 Å². The maximum atomic E-state index is 13.5. The highest BCUT2D eigenvalue weighted by molar-refractivity contribution is 7.92. The molecular weight excluding hydrogens is 357 g/mol. The van der Waals surface area contributed by atoms with Crippen molar-refractivity contribution in [1.29, 1.82) is 0 Å². The Morgan fingerprint density at radius 2 is 2.12 bits per heavy atom. The molecule has 0 radical (unpaired) electrons. The van der Waals surface area contributed by atoms with Crippen LogP contribution in [0.3, 0.4) is 0 Å². The predicted molar refractivity (Wildman–Crippen MR) is 94.5 cm³/mol. The van der Waals surface area contributed by atoms with Crippen LogP contribution in [0.25, 0.3) is 5.69 Å². The van der Waals surface area contributed by atoms with Crippen molar-refractivity contribution in [3.8, 4) is 5.69 Å². The number of carbonyl (C=O) groups excluding carboxylic acids is 1. The molecular formula is C18H20FN3O3S. The van der Waals surface area contributed by atoms with E-state index in [4.69, 9.17) is 0 Å². The van der Waals surface area contributed by atoms with Crippen molar-refractivity contribution in [2.45, 2.75) is 37.5 Å². The first-order valence-corrected chi connectivity index (χ1v) is 10.4. The van der Waals surface area contributed by atoms with E-state index in [1.54, 1.807) is 30.2 Å². The van der Waals surface area contributed by atoms with Gasteiger partial charge < -0.3 is 4.90 Å². The van der Waals surface area contributed by atoms with E-state index < -0.39 is 15.1 Å². The fourth-order valence-electron chi connectivity index (χ4n) is 4.05. The number of aromatic nitrogens is 2. The molecule has 0 unspecified atom stereocenters. The number of carbonyl (C=O) groups is 1. The summed E-state index contributed by atoms with van der Waals surface area (Å²) in [6.07, 6.45) is 3.75. The molecule has 0 bridgehead atoms. The molecule has 26 heavy (non-hydrogen) atoms. The molecule has 2 fully saturated rings. The Balaban J connectivity index is 1.65. The lowest BCUT2D eigenvalue weighted by atomic mass is 10.1. The van der Waals surface area contributed by atoms with Crippen LogP contribution in [0.5, 0.6) is 0 Å². The molecule has 1 aliphatic carbocycles. The minimum absolute atomic E-state index is 0.0109. The molecule has 2 atom stereocenters. The van der Waals surface area contributed by atoms with Crippen LogP contribution in [-0.2, 0) is 9.84 Å². The van der Waals surface area contributed by atoms with Crippen molar-refractivity contribution in [1.82, 2.24) is 14.7 Å². The molecule has 1 aromatic carbocycles. The van der Waals surface area contributed by atoms with Crippen LogP contribution in [0.2, 0.25) is 0 Å². The highest BCUT2D eigenvalue weighted by atomic mass is 32.2. The normalized spacial score (nSPS) is 24.5. The molecule has 8 heteroatoms. The molecule has 2 heterocycles. The second-order valence-corrected chi connectivity index (χ2v) is 9.29. The van der Waals surface area contributed by atoms with Crippen molar-refractivity contribution in [2.24, 2.45) is 0 Å². The van der Waals surface area contributed by atoms with E-state index in [0.29, 0.717) is 29.8 Å². The lowest BCUT2D eigenvalue weighted by Crippen LogP contribution is -2.54. The Kier molecular flexibility index (Phi) is 4.10. The molecule has 1 aliphatic heterocycles. The van der Waals surface area contributed by atoms with E-state index >= 15 is 0 Å². The quantitative estimate of drug-likeness (QED) is 0.804. The Morgan fingerprint density at radius 1 is 1.31 bits per heavy atom. The first-order chi connectivity index (χ1) is 12.4. The number of rotatable bonds is 2. The lowest BCUT2D eigenvalue weighted by Gasteiger charge is -2.37. The van der Waals surface area contributed by atoms with Crippen LogP contribution in [0.15, 0.2) is 30.5 Å². The van der Waals surface area contributed by atoms with Crippen molar-refractivity contribution >= 4 is 15.7 Å². The zero-order chi connectivity index (χ0) is 18.5. The molecule has 4 rings (SSSR count). The third kappa shape index (κ3) is 2.82. The lowest BCUT2D eigenvalue weighted by molar-refractivity contribution is 0.0686. The number of amides is 1. The molecule has 1 amide bonds. The molecule has 138 valence electrons. The van der Waals surface area contributed by atoms with Gasteiger partial charge in [-0.25, -0.2) is 17.5 Å². The van der Waals surface area contributed by atoms with Crippen LogP contribution < -0.4 is 0 Å². The standard InChI is InChI=1S/C18H20FN3O3S/c1-12-15(11-22(20-12)14-5-2-4-13(19)10-14)18(23)21-8-9-26(24,25)17-7-3-6-16(17)21/h2,4-5,10-11,16-17H,3,6-9H2,1H3/t16-,17-/m0/s1. The number of halogens is 1. The number of benzene rings is 1. The molecule has 0 spiro atoms. The summed E-state index contributed by atoms with van der Waals surface area (Å²) in [6, 6.07) is 5.74. The number of sulfone groups is 1. The highest BCUT2D eigenvalue weighted by Crippen LogP contribution is 2.34. The first-order valence-electron chi connectivity index (χ1n) is 8.71. The minimum atomic E-state index is -3.12. The third-order valence-corrected chi connectivity index (χ3v) is 7.58. The maximum absolute atomic E-state index is 13.5. The van der Waals surface area contributed by atoms with E-state index in [1.807, 2.05) is 0 Å². The summed E-state index contributed by atoms with van der Waals surface area (Å²) in [5.74, 6) is -0.563. The summed E-state index contributed by atoms with van der Waals surface area (Å²) in [5.41, 5.74) is 1.51. The van der Waals surface area contributed by atoms with Gasteiger partial charge in [-0.1, -0.05) is 6.07 Å². The largest absolute Gasteiger partial charge is 0.333 e. The average Bonchev–Trinajstić information content (AvgIpc) is 3.22. The van der Waals surface area contributed by atoms with E-state index in [2.05, 4.69) is 5.10 Å². The summed E-state index contributed by atoms with van der Waals surface area (Å²) >= 11 is 0. The van der Waals surface area contributed by atoms with Crippen LogP contribution >= 0.6 is 0 Å². The van der Waals surface area contributed by atoms with Gasteiger partial charge in [0.1, 0.15) is 5.82 Å². The van der Waals surface area contributed by atoms with Crippen molar-refractivity contribution in [2.75, 3.05) is 12.3 Å². The van der Waals surface area contributed by atoms with Gasteiger partial charge in [0.05, 0.1) is 27.9 Å². The molecule has 2 aromatic rings. The molecule has 1 saturated carbocycles. The molecule has 1 saturated heterocycles. The topological polar surface area (TPSA) is 72.3 Å². The third-order valence-electron chi connectivity index (χ3n) is 5.36. The number of fused-ring (bicyclic) bond motifs is 1. The van der Waals surface area contributed by atoms with Gasteiger partial charge in [-0.2, -0.15) is 5.10 Å². The van der Waals surface area contributed by atoms with Gasteiger partial charge in [-0.15, -0.1) is 0 Å². The summed E-state index contributed by atoms with van der Waals surface area (Å²) in [7, 11) is -3.12. The van der Waals surface area contributed by atoms with Gasteiger partial charge >= 0.3 is 0 Å². The number of nitrogens with zero attached hydrogens (tertiary/aromatic N) is 3. The number of aryl methyl sites for hydroxylation is 1. The fourth-order valence-corrected chi connectivity index (χ4v) is 6.09. The molecule has 2 aliphatic rings. The average molecular weight is 377 g/mol. The Hall–Kier alpha value is -2.22. The van der Waals surface area contributed by atoms with Crippen molar-refractivity contribution < 1.29 is 17.6 Å². The minimum Gasteiger partial charge on any atom is -0.333 e. The Labute approximate surface area is 151 Å². The van der Waals surface area contributed by atoms with Crippen molar-refractivity contribution in [3.63, 3.8) is 0 Å². The summed E-state index contributed by atoms with van der Waals surface area (Å²) in [5, 5.41) is 3.89. The number of hydrogen-bond donors (Lipinski definition) is 0. The van der Waals surface area contributed by atoms with Gasteiger partial charge in [0.25, 0.3) is 5.91 Å². The number of hydrogen-bond acceptors (Lipinski definition) is 4. The second-order valence-electron chi connectivity index (χ2n) is 6.95. The molecule has 6 nitrogen and oxygen atoms in total. The van der Waals surface area contributed by atoms with E-state index in [0.717, 1.165) is 6.42 Å². The summed E-state index contributed by atoms with van der Waals surface area (Å²) < 4.78 is 39.5. The van der Waals surface area contributed by atoms with Crippen LogP contribution in [0.4, 0.5) is 4.39 Å².